The van der Waals surface area contributed by atoms with Gasteiger partial charge in [0.2, 0.25) is 0 Å². The van der Waals surface area contributed by atoms with E-state index < -0.39 is 0 Å². The van der Waals surface area contributed by atoms with E-state index in [0.29, 0.717) is 5.41 Å². The van der Waals surface area contributed by atoms with E-state index in [9.17, 15) is 0 Å². The monoisotopic (exact) mass is 204 g/mol. The molecule has 0 N–H and O–H groups in total. The number of hydrogen-bond donors (Lipinski definition) is 1. The first-order valence-electron chi connectivity index (χ1n) is 5.00. The molecule has 1 aliphatic rings. The van der Waals surface area contributed by atoms with Gasteiger partial charge in [0, 0.05) is 25.7 Å². The van der Waals surface area contributed by atoms with Crippen LogP contribution in [0.3, 0.4) is 0 Å². The molecule has 0 bridgehead atoms. The van der Waals surface area contributed by atoms with Crippen LogP contribution in [0.25, 0.3) is 0 Å². The Hall–Kier alpha value is 0.270. The van der Waals surface area contributed by atoms with E-state index in [0.717, 1.165) is 32.0 Å². The van der Waals surface area contributed by atoms with E-state index in [4.69, 9.17) is 9.47 Å². The molecule has 0 aliphatic heterocycles. The first-order chi connectivity index (χ1) is 6.33. The van der Waals surface area contributed by atoms with Crippen LogP contribution in [0.2, 0.25) is 0 Å². The summed E-state index contributed by atoms with van der Waals surface area (Å²) in [6, 6.07) is 0. The van der Waals surface area contributed by atoms with Gasteiger partial charge in [-0.2, -0.15) is 12.6 Å². The fourth-order valence-electron chi connectivity index (χ4n) is 1.62. The molecule has 0 unspecified atom stereocenters. The summed E-state index contributed by atoms with van der Waals surface area (Å²) in [4.78, 5) is 0. The lowest BCUT2D eigenvalue weighted by Gasteiger charge is -2.40. The molecule has 0 aromatic rings. The largest absolute Gasteiger partial charge is 0.385 e. The first-order valence-corrected chi connectivity index (χ1v) is 5.64. The van der Waals surface area contributed by atoms with Gasteiger partial charge in [-0.25, -0.2) is 0 Å². The lowest BCUT2D eigenvalue weighted by molar-refractivity contribution is 0.00401. The minimum atomic E-state index is 0.413. The maximum Gasteiger partial charge on any atom is 0.0530 e. The van der Waals surface area contributed by atoms with Gasteiger partial charge in [-0.1, -0.05) is 6.42 Å². The van der Waals surface area contributed by atoms with Crippen molar-refractivity contribution in [1.82, 2.24) is 0 Å². The van der Waals surface area contributed by atoms with Crippen LogP contribution in [0.1, 0.15) is 25.7 Å². The van der Waals surface area contributed by atoms with Crippen molar-refractivity contribution >= 4 is 12.6 Å². The maximum absolute atomic E-state index is 5.60. The molecule has 13 heavy (non-hydrogen) atoms. The molecule has 1 aliphatic carbocycles. The van der Waals surface area contributed by atoms with E-state index in [-0.39, 0.29) is 0 Å². The van der Waals surface area contributed by atoms with Gasteiger partial charge in [-0.15, -0.1) is 0 Å². The molecule has 0 spiro atoms. The van der Waals surface area contributed by atoms with Crippen molar-refractivity contribution in [3.8, 4) is 0 Å². The molecule has 1 fully saturated rings. The smallest absolute Gasteiger partial charge is 0.0530 e. The number of methoxy groups -OCH3 is 1. The highest BCUT2D eigenvalue weighted by molar-refractivity contribution is 7.80. The molecule has 1 rings (SSSR count). The van der Waals surface area contributed by atoms with Gasteiger partial charge in [0.25, 0.3) is 0 Å². The summed E-state index contributed by atoms with van der Waals surface area (Å²) in [5.41, 5.74) is 0.413. The van der Waals surface area contributed by atoms with Crippen molar-refractivity contribution in [3.05, 3.63) is 0 Å². The lowest BCUT2D eigenvalue weighted by atomic mass is 9.71. The molecule has 1 saturated carbocycles. The van der Waals surface area contributed by atoms with Crippen molar-refractivity contribution in [2.45, 2.75) is 25.7 Å². The normalized spacial score (nSPS) is 19.8. The standard InChI is InChI=1S/C10H20O2S/c1-11-6-3-7-12-8-10(9-13)4-2-5-10/h13H,2-9H2,1H3. The zero-order chi connectivity index (χ0) is 9.57. The van der Waals surface area contributed by atoms with Crippen LogP contribution >= 0.6 is 12.6 Å². The minimum absolute atomic E-state index is 0.413. The van der Waals surface area contributed by atoms with Crippen molar-refractivity contribution < 1.29 is 9.47 Å². The molecule has 0 aromatic carbocycles. The average molecular weight is 204 g/mol. The number of thiol groups is 1. The molecule has 0 aromatic heterocycles. The summed E-state index contributed by atoms with van der Waals surface area (Å²) >= 11 is 4.37. The summed E-state index contributed by atoms with van der Waals surface area (Å²) in [5, 5.41) is 0. The van der Waals surface area contributed by atoms with Crippen LogP contribution in [0.15, 0.2) is 0 Å². The van der Waals surface area contributed by atoms with Crippen LogP contribution in [-0.2, 0) is 9.47 Å². The van der Waals surface area contributed by atoms with Crippen molar-refractivity contribution in [2.75, 3.05) is 32.7 Å². The van der Waals surface area contributed by atoms with Gasteiger partial charge in [0.05, 0.1) is 6.61 Å². The molecule has 0 atom stereocenters. The predicted octanol–water partition coefficient (Wildman–Crippen LogP) is 2.14. The Morgan fingerprint density at radius 1 is 1.31 bits per heavy atom. The SMILES string of the molecule is COCCCOCC1(CS)CCC1. The minimum Gasteiger partial charge on any atom is -0.385 e. The van der Waals surface area contributed by atoms with Gasteiger partial charge in [-0.3, -0.25) is 0 Å². The van der Waals surface area contributed by atoms with Crippen LogP contribution in [-0.4, -0.2) is 32.7 Å². The summed E-state index contributed by atoms with van der Waals surface area (Å²) in [6.45, 7) is 2.51. The van der Waals surface area contributed by atoms with Crippen LogP contribution in [0.5, 0.6) is 0 Å². The second-order valence-corrected chi connectivity index (χ2v) is 4.23. The molecule has 2 nitrogen and oxygen atoms in total. The maximum atomic E-state index is 5.60. The van der Waals surface area contributed by atoms with Crippen molar-refractivity contribution in [3.63, 3.8) is 0 Å². The predicted molar refractivity (Wildman–Crippen MR) is 57.4 cm³/mol. The first kappa shape index (κ1) is 11.3. The third-order valence-corrected chi connectivity index (χ3v) is 3.47. The Morgan fingerprint density at radius 3 is 2.54 bits per heavy atom. The molecular formula is C10H20O2S. The highest BCUT2D eigenvalue weighted by Gasteiger charge is 2.35. The Labute approximate surface area is 86.4 Å². The second kappa shape index (κ2) is 5.89. The topological polar surface area (TPSA) is 18.5 Å². The molecule has 0 radical (unpaired) electrons. The van der Waals surface area contributed by atoms with Gasteiger partial charge < -0.3 is 9.47 Å². The Kier molecular flexibility index (Phi) is 5.14. The summed E-state index contributed by atoms with van der Waals surface area (Å²) in [7, 11) is 1.72. The Balaban J connectivity index is 1.98. The number of ether oxygens (including phenoxy) is 2. The molecule has 0 heterocycles. The zero-order valence-corrected chi connectivity index (χ0v) is 9.31. The summed E-state index contributed by atoms with van der Waals surface area (Å²) in [5.74, 6) is 0.970. The average Bonchev–Trinajstić information content (AvgIpc) is 2.09. The van der Waals surface area contributed by atoms with Gasteiger partial charge in [0.15, 0.2) is 0 Å². The third kappa shape index (κ3) is 3.49. The van der Waals surface area contributed by atoms with E-state index in [1.54, 1.807) is 7.11 Å². The van der Waals surface area contributed by atoms with E-state index in [2.05, 4.69) is 12.6 Å². The Morgan fingerprint density at radius 2 is 2.08 bits per heavy atom. The van der Waals surface area contributed by atoms with Gasteiger partial charge in [0.1, 0.15) is 0 Å². The third-order valence-electron chi connectivity index (χ3n) is 2.80. The van der Waals surface area contributed by atoms with Crippen LogP contribution in [0, 0.1) is 5.41 Å². The van der Waals surface area contributed by atoms with Crippen molar-refractivity contribution in [2.24, 2.45) is 5.41 Å². The summed E-state index contributed by atoms with van der Waals surface area (Å²) < 4.78 is 10.6. The Bertz CT molecular complexity index is 129. The van der Waals surface area contributed by atoms with Crippen LogP contribution < -0.4 is 0 Å². The van der Waals surface area contributed by atoms with Gasteiger partial charge in [-0.05, 0) is 25.0 Å². The highest BCUT2D eigenvalue weighted by Crippen LogP contribution is 2.41. The molecule has 0 saturated heterocycles. The zero-order valence-electron chi connectivity index (χ0n) is 8.42. The van der Waals surface area contributed by atoms with E-state index in [1.165, 1.54) is 19.3 Å². The quantitative estimate of drug-likeness (QED) is 0.506. The van der Waals surface area contributed by atoms with E-state index >= 15 is 0 Å². The van der Waals surface area contributed by atoms with E-state index in [1.807, 2.05) is 0 Å². The van der Waals surface area contributed by atoms with Crippen molar-refractivity contribution in [1.29, 1.82) is 0 Å². The molecule has 0 amide bonds. The fraction of sp³-hybridized carbons (Fsp3) is 1.00. The highest BCUT2D eigenvalue weighted by atomic mass is 32.1. The fourth-order valence-corrected chi connectivity index (χ4v) is 2.03. The van der Waals surface area contributed by atoms with Gasteiger partial charge >= 0.3 is 0 Å². The second-order valence-electron chi connectivity index (χ2n) is 3.91. The molecular weight excluding hydrogens is 184 g/mol. The van der Waals surface area contributed by atoms with Crippen LogP contribution in [0.4, 0.5) is 0 Å². The number of hydrogen-bond acceptors (Lipinski definition) is 3. The molecule has 78 valence electrons. The lowest BCUT2D eigenvalue weighted by Crippen LogP contribution is -2.36. The molecule has 3 heteroatoms. The summed E-state index contributed by atoms with van der Waals surface area (Å²) in [6.07, 6.45) is 4.93. The number of rotatable bonds is 7.